The van der Waals surface area contributed by atoms with E-state index >= 15 is 0 Å². The van der Waals surface area contributed by atoms with Crippen molar-refractivity contribution >= 4 is 11.0 Å². The predicted octanol–water partition coefficient (Wildman–Crippen LogP) is 6.34. The van der Waals surface area contributed by atoms with E-state index in [1.807, 2.05) is 18.5 Å². The Bertz CT molecular complexity index is 1190. The molecule has 134 valence electrons. The summed E-state index contributed by atoms with van der Waals surface area (Å²) in [5.74, 6) is 0. The molecule has 0 radical (unpaired) electrons. The molecule has 5 aromatic rings. The monoisotopic (exact) mass is 360 g/mol. The SMILES string of the molecule is c1ccc(-c2ccc(C(c3ccccc3)n3cnc4ccccc43)cc2)cc1. The van der Waals surface area contributed by atoms with Crippen LogP contribution in [0.25, 0.3) is 22.2 Å². The zero-order valence-corrected chi connectivity index (χ0v) is 15.4. The van der Waals surface area contributed by atoms with Gasteiger partial charge in [0.2, 0.25) is 0 Å². The van der Waals surface area contributed by atoms with Crippen LogP contribution in [0.15, 0.2) is 116 Å². The largest absolute Gasteiger partial charge is 0.319 e. The number of para-hydroxylation sites is 2. The summed E-state index contributed by atoms with van der Waals surface area (Å²) in [6.45, 7) is 0. The Morgan fingerprint density at radius 2 is 1.11 bits per heavy atom. The van der Waals surface area contributed by atoms with Crippen molar-refractivity contribution in [3.63, 3.8) is 0 Å². The van der Waals surface area contributed by atoms with Crippen LogP contribution in [-0.2, 0) is 0 Å². The third kappa shape index (κ3) is 2.99. The summed E-state index contributed by atoms with van der Waals surface area (Å²) < 4.78 is 2.27. The van der Waals surface area contributed by atoms with E-state index in [4.69, 9.17) is 0 Å². The molecular weight excluding hydrogens is 340 g/mol. The van der Waals surface area contributed by atoms with Gasteiger partial charge in [-0.1, -0.05) is 97.1 Å². The third-order valence-corrected chi connectivity index (χ3v) is 5.21. The normalized spacial score (nSPS) is 12.1. The highest BCUT2D eigenvalue weighted by Crippen LogP contribution is 2.31. The van der Waals surface area contributed by atoms with Gasteiger partial charge >= 0.3 is 0 Å². The number of hydrogen-bond donors (Lipinski definition) is 0. The van der Waals surface area contributed by atoms with Crippen LogP contribution in [0.2, 0.25) is 0 Å². The van der Waals surface area contributed by atoms with Crippen molar-refractivity contribution in [2.75, 3.05) is 0 Å². The van der Waals surface area contributed by atoms with Crippen molar-refractivity contribution in [2.45, 2.75) is 6.04 Å². The molecule has 0 spiro atoms. The zero-order chi connectivity index (χ0) is 18.8. The molecular formula is C26H20N2. The van der Waals surface area contributed by atoms with E-state index in [0.717, 1.165) is 11.0 Å². The van der Waals surface area contributed by atoms with Crippen molar-refractivity contribution in [1.82, 2.24) is 9.55 Å². The zero-order valence-electron chi connectivity index (χ0n) is 15.4. The maximum atomic E-state index is 4.62. The van der Waals surface area contributed by atoms with Crippen molar-refractivity contribution < 1.29 is 0 Å². The van der Waals surface area contributed by atoms with Gasteiger partial charge in [-0.2, -0.15) is 0 Å². The lowest BCUT2D eigenvalue weighted by molar-refractivity contribution is 0.698. The second kappa shape index (κ2) is 7.16. The molecule has 1 aromatic heterocycles. The molecule has 1 heterocycles. The lowest BCUT2D eigenvalue weighted by Gasteiger charge is -2.21. The van der Waals surface area contributed by atoms with E-state index in [-0.39, 0.29) is 6.04 Å². The van der Waals surface area contributed by atoms with Crippen LogP contribution in [0.1, 0.15) is 17.2 Å². The summed E-state index contributed by atoms with van der Waals surface area (Å²) in [7, 11) is 0. The van der Waals surface area contributed by atoms with Crippen LogP contribution in [0, 0.1) is 0 Å². The average molecular weight is 360 g/mol. The molecule has 1 unspecified atom stereocenters. The van der Waals surface area contributed by atoms with Crippen LogP contribution in [0.3, 0.4) is 0 Å². The number of aromatic nitrogens is 2. The van der Waals surface area contributed by atoms with Gasteiger partial charge < -0.3 is 4.57 Å². The third-order valence-electron chi connectivity index (χ3n) is 5.21. The lowest BCUT2D eigenvalue weighted by Crippen LogP contribution is -2.11. The number of hydrogen-bond acceptors (Lipinski definition) is 1. The van der Waals surface area contributed by atoms with E-state index < -0.39 is 0 Å². The van der Waals surface area contributed by atoms with Gasteiger partial charge in [-0.05, 0) is 34.4 Å². The minimum Gasteiger partial charge on any atom is -0.319 e. The van der Waals surface area contributed by atoms with E-state index in [9.17, 15) is 0 Å². The molecule has 0 amide bonds. The molecule has 28 heavy (non-hydrogen) atoms. The Hall–Kier alpha value is -3.65. The molecule has 0 N–H and O–H groups in total. The van der Waals surface area contributed by atoms with Crippen LogP contribution < -0.4 is 0 Å². The summed E-state index contributed by atoms with van der Waals surface area (Å²) in [4.78, 5) is 4.62. The van der Waals surface area contributed by atoms with Gasteiger partial charge in [-0.15, -0.1) is 0 Å². The highest BCUT2D eigenvalue weighted by atomic mass is 15.1. The molecule has 1 atom stereocenters. The second-order valence-electron chi connectivity index (χ2n) is 6.94. The molecule has 0 aliphatic rings. The molecule has 4 aromatic carbocycles. The standard InChI is InChI=1S/C26H20N2/c1-3-9-20(10-4-1)21-15-17-23(18-16-21)26(22-11-5-2-6-12-22)28-19-27-24-13-7-8-14-25(24)28/h1-19,26H. The summed E-state index contributed by atoms with van der Waals surface area (Å²) in [5.41, 5.74) is 7.12. The first-order chi connectivity index (χ1) is 13.9. The fourth-order valence-electron chi connectivity index (χ4n) is 3.82. The summed E-state index contributed by atoms with van der Waals surface area (Å²) in [5, 5.41) is 0. The maximum Gasteiger partial charge on any atom is 0.0966 e. The van der Waals surface area contributed by atoms with Gasteiger partial charge in [0.25, 0.3) is 0 Å². The first-order valence-electron chi connectivity index (χ1n) is 9.52. The molecule has 0 aliphatic heterocycles. The molecule has 2 nitrogen and oxygen atoms in total. The minimum atomic E-state index is 0.0819. The van der Waals surface area contributed by atoms with Gasteiger partial charge in [-0.25, -0.2) is 4.98 Å². The van der Waals surface area contributed by atoms with Gasteiger partial charge in [-0.3, -0.25) is 0 Å². The Balaban J connectivity index is 1.63. The van der Waals surface area contributed by atoms with Crippen LogP contribution in [0.4, 0.5) is 0 Å². The van der Waals surface area contributed by atoms with Crippen molar-refractivity contribution in [1.29, 1.82) is 0 Å². The molecule has 0 bridgehead atoms. The smallest absolute Gasteiger partial charge is 0.0966 e. The van der Waals surface area contributed by atoms with Crippen LogP contribution in [0.5, 0.6) is 0 Å². The predicted molar refractivity (Wildman–Crippen MR) is 115 cm³/mol. The highest BCUT2D eigenvalue weighted by Gasteiger charge is 2.18. The first-order valence-corrected chi connectivity index (χ1v) is 9.52. The topological polar surface area (TPSA) is 17.8 Å². The minimum absolute atomic E-state index is 0.0819. The molecule has 0 aliphatic carbocycles. The number of nitrogens with zero attached hydrogens (tertiary/aromatic N) is 2. The summed E-state index contributed by atoms with van der Waals surface area (Å²) in [6, 6.07) is 38.4. The molecule has 0 saturated heterocycles. The Morgan fingerprint density at radius 3 is 1.86 bits per heavy atom. The molecule has 0 saturated carbocycles. The molecule has 2 heteroatoms. The fraction of sp³-hybridized carbons (Fsp3) is 0.0385. The average Bonchev–Trinajstić information content (AvgIpc) is 3.20. The first kappa shape index (κ1) is 16.5. The second-order valence-corrected chi connectivity index (χ2v) is 6.94. The van der Waals surface area contributed by atoms with Crippen molar-refractivity contribution in [2.24, 2.45) is 0 Å². The van der Waals surface area contributed by atoms with Gasteiger partial charge in [0, 0.05) is 0 Å². The van der Waals surface area contributed by atoms with Gasteiger partial charge in [0.05, 0.1) is 23.4 Å². The highest BCUT2D eigenvalue weighted by molar-refractivity contribution is 5.75. The van der Waals surface area contributed by atoms with E-state index in [2.05, 4.69) is 107 Å². The van der Waals surface area contributed by atoms with Crippen molar-refractivity contribution in [3.05, 3.63) is 127 Å². The van der Waals surface area contributed by atoms with Crippen LogP contribution in [-0.4, -0.2) is 9.55 Å². The van der Waals surface area contributed by atoms with E-state index in [1.54, 1.807) is 0 Å². The Morgan fingerprint density at radius 1 is 0.536 bits per heavy atom. The number of fused-ring (bicyclic) bond motifs is 1. The van der Waals surface area contributed by atoms with Crippen LogP contribution >= 0.6 is 0 Å². The Labute approximate surface area is 164 Å². The maximum absolute atomic E-state index is 4.62. The fourth-order valence-corrected chi connectivity index (χ4v) is 3.82. The van der Waals surface area contributed by atoms with Crippen molar-refractivity contribution in [3.8, 4) is 11.1 Å². The van der Waals surface area contributed by atoms with E-state index in [0.29, 0.717) is 0 Å². The number of imidazole rings is 1. The number of benzene rings is 4. The van der Waals surface area contributed by atoms with Gasteiger partial charge in [0.15, 0.2) is 0 Å². The Kier molecular flexibility index (Phi) is 4.23. The summed E-state index contributed by atoms with van der Waals surface area (Å²) in [6.07, 6.45) is 1.95. The molecule has 0 fully saturated rings. The summed E-state index contributed by atoms with van der Waals surface area (Å²) >= 11 is 0. The lowest BCUT2D eigenvalue weighted by atomic mass is 9.96. The number of rotatable bonds is 4. The quantitative estimate of drug-likeness (QED) is 0.365. The van der Waals surface area contributed by atoms with Gasteiger partial charge in [0.1, 0.15) is 0 Å². The van der Waals surface area contributed by atoms with E-state index in [1.165, 1.54) is 22.3 Å². The molecule has 5 rings (SSSR count).